The normalized spacial score (nSPS) is 24.2. The van der Waals surface area contributed by atoms with Crippen LogP contribution in [-0.2, 0) is 4.74 Å². The molecule has 0 aliphatic heterocycles. The van der Waals surface area contributed by atoms with E-state index in [4.69, 9.17) is 4.74 Å². The molecule has 0 N–H and O–H groups in total. The van der Waals surface area contributed by atoms with Crippen LogP contribution in [0, 0.1) is 46.3 Å². The number of carbonyl (C=O) groups excluding carboxylic acids is 1. The molecule has 1 aromatic carbocycles. The average molecular weight is 346 g/mol. The first kappa shape index (κ1) is 16.9. The summed E-state index contributed by atoms with van der Waals surface area (Å²) in [4.78, 5) is 11.8. The van der Waals surface area contributed by atoms with Gasteiger partial charge in [-0.15, -0.1) is 0 Å². The fourth-order valence-corrected chi connectivity index (χ4v) is 3.65. The third kappa shape index (κ3) is 2.32. The van der Waals surface area contributed by atoms with E-state index >= 15 is 0 Å². The molecular formula is C17H15F5O2. The second-order valence-corrected chi connectivity index (χ2v) is 6.84. The summed E-state index contributed by atoms with van der Waals surface area (Å²) < 4.78 is 71.3. The van der Waals surface area contributed by atoms with E-state index in [1.807, 2.05) is 6.08 Å². The molecule has 130 valence electrons. The Balaban J connectivity index is 1.79. The summed E-state index contributed by atoms with van der Waals surface area (Å²) in [5.74, 6) is -11.8. The zero-order chi connectivity index (χ0) is 17.8. The standard InChI is InChI=1S/C17H15F5O2/c1-17(2)8-4-3-7(9(17)5-8)6-24-16(23)10-11(18)13(20)15(22)14(21)12(10)19/h3,8-9H,4-6H2,1-2H3. The van der Waals surface area contributed by atoms with E-state index in [0.717, 1.165) is 18.4 Å². The van der Waals surface area contributed by atoms with Gasteiger partial charge in [0.05, 0.1) is 0 Å². The molecule has 1 saturated carbocycles. The van der Waals surface area contributed by atoms with Gasteiger partial charge in [-0.1, -0.05) is 19.9 Å². The van der Waals surface area contributed by atoms with Gasteiger partial charge in [0.25, 0.3) is 0 Å². The molecule has 2 unspecified atom stereocenters. The second-order valence-electron chi connectivity index (χ2n) is 6.84. The Morgan fingerprint density at radius 1 is 1.08 bits per heavy atom. The number of fused-ring (bicyclic) bond motifs is 1. The van der Waals surface area contributed by atoms with Crippen LogP contribution in [0.5, 0.6) is 0 Å². The minimum atomic E-state index is -2.31. The number of hydrogen-bond acceptors (Lipinski definition) is 2. The van der Waals surface area contributed by atoms with Crippen LogP contribution in [0.4, 0.5) is 22.0 Å². The molecule has 1 aromatic rings. The molecule has 2 nitrogen and oxygen atoms in total. The maximum absolute atomic E-state index is 13.6. The zero-order valence-electron chi connectivity index (χ0n) is 13.1. The first-order valence-corrected chi connectivity index (χ1v) is 7.53. The van der Waals surface area contributed by atoms with Crippen molar-refractivity contribution in [2.45, 2.75) is 26.7 Å². The van der Waals surface area contributed by atoms with E-state index in [-0.39, 0.29) is 17.9 Å². The van der Waals surface area contributed by atoms with Crippen LogP contribution in [-0.4, -0.2) is 12.6 Å². The van der Waals surface area contributed by atoms with Crippen LogP contribution in [0.2, 0.25) is 0 Å². The van der Waals surface area contributed by atoms with Crippen molar-refractivity contribution in [1.29, 1.82) is 0 Å². The fraction of sp³-hybridized carbons (Fsp3) is 0.471. The zero-order valence-corrected chi connectivity index (χ0v) is 13.1. The van der Waals surface area contributed by atoms with Crippen LogP contribution in [0.15, 0.2) is 11.6 Å². The monoisotopic (exact) mass is 346 g/mol. The van der Waals surface area contributed by atoms with Crippen LogP contribution < -0.4 is 0 Å². The van der Waals surface area contributed by atoms with E-state index in [2.05, 4.69) is 13.8 Å². The van der Waals surface area contributed by atoms with E-state index in [1.54, 1.807) is 0 Å². The predicted molar refractivity (Wildman–Crippen MR) is 74.6 cm³/mol. The number of halogens is 5. The van der Waals surface area contributed by atoms with Gasteiger partial charge in [-0.3, -0.25) is 0 Å². The van der Waals surface area contributed by atoms with E-state index < -0.39 is 40.6 Å². The Morgan fingerprint density at radius 3 is 2.12 bits per heavy atom. The molecular weight excluding hydrogens is 331 g/mol. The number of esters is 1. The van der Waals surface area contributed by atoms with E-state index in [1.165, 1.54) is 0 Å². The number of benzene rings is 1. The molecule has 2 bridgehead atoms. The van der Waals surface area contributed by atoms with Gasteiger partial charge in [0, 0.05) is 0 Å². The summed E-state index contributed by atoms with van der Waals surface area (Å²) in [5, 5.41) is 0. The smallest absolute Gasteiger partial charge is 0.344 e. The van der Waals surface area contributed by atoms with Gasteiger partial charge in [0.2, 0.25) is 5.82 Å². The van der Waals surface area contributed by atoms with Crippen molar-refractivity contribution in [3.05, 3.63) is 46.3 Å². The van der Waals surface area contributed by atoms with Gasteiger partial charge in [0.15, 0.2) is 23.3 Å². The number of carbonyl (C=O) groups is 1. The van der Waals surface area contributed by atoms with Gasteiger partial charge in [-0.05, 0) is 35.7 Å². The lowest BCUT2D eigenvalue weighted by Crippen LogP contribution is -2.48. The number of hydrogen-bond donors (Lipinski definition) is 0. The molecule has 4 rings (SSSR count). The van der Waals surface area contributed by atoms with Crippen molar-refractivity contribution < 1.29 is 31.5 Å². The van der Waals surface area contributed by atoms with E-state index in [0.29, 0.717) is 5.92 Å². The van der Waals surface area contributed by atoms with Gasteiger partial charge < -0.3 is 4.74 Å². The molecule has 0 spiro atoms. The number of allylic oxidation sites excluding steroid dienone is 1. The van der Waals surface area contributed by atoms with Crippen molar-refractivity contribution in [2.75, 3.05) is 6.61 Å². The van der Waals surface area contributed by atoms with Crippen molar-refractivity contribution in [3.63, 3.8) is 0 Å². The highest BCUT2D eigenvalue weighted by molar-refractivity contribution is 5.90. The average Bonchev–Trinajstić information content (AvgIpc) is 2.56. The first-order valence-electron chi connectivity index (χ1n) is 7.53. The summed E-state index contributed by atoms with van der Waals surface area (Å²) in [6.45, 7) is 3.95. The molecule has 0 heterocycles. The summed E-state index contributed by atoms with van der Waals surface area (Å²) in [6.07, 6.45) is 3.67. The van der Waals surface area contributed by atoms with Gasteiger partial charge in [0.1, 0.15) is 12.2 Å². The second kappa shape index (κ2) is 5.57. The molecule has 0 aromatic heterocycles. The topological polar surface area (TPSA) is 26.3 Å². The Labute approximate surface area is 135 Å². The van der Waals surface area contributed by atoms with Crippen molar-refractivity contribution in [3.8, 4) is 0 Å². The molecule has 1 fully saturated rings. The lowest BCUT2D eigenvalue weighted by molar-refractivity contribution is -0.0156. The fourth-order valence-electron chi connectivity index (χ4n) is 3.65. The van der Waals surface area contributed by atoms with Crippen LogP contribution in [0.25, 0.3) is 0 Å². The lowest BCUT2D eigenvalue weighted by Gasteiger charge is -2.56. The summed E-state index contributed by atoms with van der Waals surface area (Å²) in [6, 6.07) is 0. The van der Waals surface area contributed by atoms with Crippen molar-refractivity contribution >= 4 is 5.97 Å². The lowest BCUT2D eigenvalue weighted by atomic mass is 9.49. The highest BCUT2D eigenvalue weighted by Crippen LogP contribution is 2.59. The van der Waals surface area contributed by atoms with Crippen molar-refractivity contribution in [1.82, 2.24) is 0 Å². The highest BCUT2D eigenvalue weighted by atomic mass is 19.2. The molecule has 3 aliphatic carbocycles. The molecule has 0 radical (unpaired) electrons. The Morgan fingerprint density at radius 2 is 1.62 bits per heavy atom. The highest BCUT2D eigenvalue weighted by Gasteiger charge is 2.51. The van der Waals surface area contributed by atoms with E-state index in [9.17, 15) is 26.7 Å². The number of ether oxygens (including phenoxy) is 1. The minimum absolute atomic E-state index is 0.0566. The first-order chi connectivity index (χ1) is 11.2. The largest absolute Gasteiger partial charge is 0.457 e. The Hall–Kier alpha value is -1.92. The van der Waals surface area contributed by atoms with Crippen LogP contribution >= 0.6 is 0 Å². The summed E-state index contributed by atoms with van der Waals surface area (Å²) in [5.41, 5.74) is -0.686. The van der Waals surface area contributed by atoms with Gasteiger partial charge >= 0.3 is 5.97 Å². The minimum Gasteiger partial charge on any atom is -0.457 e. The molecule has 7 heteroatoms. The van der Waals surface area contributed by atoms with Crippen molar-refractivity contribution in [2.24, 2.45) is 17.3 Å². The maximum atomic E-state index is 13.6. The molecule has 0 saturated heterocycles. The van der Waals surface area contributed by atoms with Crippen LogP contribution in [0.1, 0.15) is 37.0 Å². The Kier molecular flexibility index (Phi) is 3.92. The summed E-state index contributed by atoms with van der Waals surface area (Å²) >= 11 is 0. The quantitative estimate of drug-likeness (QED) is 0.264. The molecule has 24 heavy (non-hydrogen) atoms. The van der Waals surface area contributed by atoms with Gasteiger partial charge in [-0.25, -0.2) is 26.7 Å². The maximum Gasteiger partial charge on any atom is 0.344 e. The summed E-state index contributed by atoms with van der Waals surface area (Å²) in [7, 11) is 0. The molecule has 0 amide bonds. The SMILES string of the molecule is CC1(C)C2CC=C(COC(=O)c3c(F)c(F)c(F)c(F)c3F)C1C2. The van der Waals surface area contributed by atoms with Crippen LogP contribution in [0.3, 0.4) is 0 Å². The molecule has 2 atom stereocenters. The predicted octanol–water partition coefficient (Wildman–Crippen LogP) is 4.53. The number of rotatable bonds is 3. The Bertz CT molecular complexity index is 725. The molecule has 3 aliphatic rings. The van der Waals surface area contributed by atoms with Gasteiger partial charge in [-0.2, -0.15) is 0 Å². The third-order valence-corrected chi connectivity index (χ3v) is 5.37. The third-order valence-electron chi connectivity index (χ3n) is 5.37.